The monoisotopic (exact) mass is 406 g/mol. The topological polar surface area (TPSA) is 18.5 Å². The summed E-state index contributed by atoms with van der Waals surface area (Å²) < 4.78 is 54.8. The first-order valence-electron chi connectivity index (χ1n) is 10.5. The van der Waals surface area contributed by atoms with Crippen molar-refractivity contribution in [2.45, 2.75) is 63.9 Å². The molecule has 0 saturated carbocycles. The molecule has 0 bridgehead atoms. The summed E-state index contributed by atoms with van der Waals surface area (Å²) in [5, 5.41) is 0. The second-order valence-corrected chi connectivity index (χ2v) is 7.76. The largest absolute Gasteiger partial charge is 0.497 e. The fraction of sp³-hybridized carbons (Fsp3) is 0.500. The average molecular weight is 406 g/mol. The van der Waals surface area contributed by atoms with Crippen LogP contribution in [0.5, 0.6) is 5.75 Å². The Labute approximate surface area is 171 Å². The van der Waals surface area contributed by atoms with Gasteiger partial charge in [-0.05, 0) is 37.0 Å². The van der Waals surface area contributed by atoms with Gasteiger partial charge in [-0.2, -0.15) is 0 Å². The predicted octanol–water partition coefficient (Wildman–Crippen LogP) is 7.01. The van der Waals surface area contributed by atoms with Crippen LogP contribution >= 0.6 is 0 Å². The zero-order chi connectivity index (χ0) is 20.8. The zero-order valence-corrected chi connectivity index (χ0v) is 17.1. The quantitative estimate of drug-likeness (QED) is 0.439. The molecule has 0 radical (unpaired) electrons. The van der Waals surface area contributed by atoms with Crippen molar-refractivity contribution in [2.24, 2.45) is 0 Å². The van der Waals surface area contributed by atoms with E-state index in [1.165, 1.54) is 44.6 Å². The lowest BCUT2D eigenvalue weighted by Crippen LogP contribution is -2.25. The van der Waals surface area contributed by atoms with Crippen LogP contribution in [0.3, 0.4) is 0 Å². The Hall–Kier alpha value is -2.01. The van der Waals surface area contributed by atoms with Gasteiger partial charge in [-0.25, -0.2) is 13.2 Å². The van der Waals surface area contributed by atoms with Crippen molar-refractivity contribution >= 4 is 0 Å². The van der Waals surface area contributed by atoms with Gasteiger partial charge in [0.1, 0.15) is 11.6 Å². The molecule has 158 valence electrons. The SMILES string of the molecule is CCCCCCC1CCC(c2ccc(-c3ccc(OC)cc3F)c(F)c2F)CO1. The number of rotatable bonds is 8. The predicted molar refractivity (Wildman–Crippen MR) is 109 cm³/mol. The average Bonchev–Trinajstić information content (AvgIpc) is 2.74. The highest BCUT2D eigenvalue weighted by Crippen LogP contribution is 2.36. The van der Waals surface area contributed by atoms with Crippen molar-refractivity contribution in [3.8, 4) is 16.9 Å². The van der Waals surface area contributed by atoms with E-state index in [0.29, 0.717) is 17.9 Å². The standard InChI is InChI=1S/C24H29F3O2/c1-3-4-5-6-7-17-9-8-16(15-29-17)19-12-13-21(24(27)23(19)26)20-11-10-18(28-2)14-22(20)25/h10-14,16-17H,3-9,15H2,1-2H3. The minimum atomic E-state index is -1.02. The van der Waals surface area contributed by atoms with E-state index < -0.39 is 17.5 Å². The fourth-order valence-electron chi connectivity index (χ4n) is 4.01. The number of benzene rings is 2. The van der Waals surface area contributed by atoms with Crippen molar-refractivity contribution in [1.82, 2.24) is 0 Å². The van der Waals surface area contributed by atoms with Gasteiger partial charge >= 0.3 is 0 Å². The Kier molecular flexibility index (Phi) is 7.59. The summed E-state index contributed by atoms with van der Waals surface area (Å²) in [6.07, 6.45) is 7.66. The van der Waals surface area contributed by atoms with Crippen molar-refractivity contribution in [3.05, 3.63) is 53.3 Å². The molecule has 2 unspecified atom stereocenters. The minimum absolute atomic E-state index is 0.0146. The van der Waals surface area contributed by atoms with Crippen molar-refractivity contribution in [3.63, 3.8) is 0 Å². The van der Waals surface area contributed by atoms with Crippen molar-refractivity contribution < 1.29 is 22.6 Å². The molecule has 1 heterocycles. The highest BCUT2D eigenvalue weighted by Gasteiger charge is 2.27. The minimum Gasteiger partial charge on any atom is -0.497 e. The molecule has 0 amide bonds. The van der Waals surface area contributed by atoms with E-state index in [2.05, 4.69) is 6.92 Å². The van der Waals surface area contributed by atoms with Crippen molar-refractivity contribution in [2.75, 3.05) is 13.7 Å². The Morgan fingerprint density at radius 2 is 1.76 bits per heavy atom. The summed E-state index contributed by atoms with van der Waals surface area (Å²) >= 11 is 0. The highest BCUT2D eigenvalue weighted by atomic mass is 19.2. The molecule has 0 aliphatic carbocycles. The molecule has 0 aromatic heterocycles. The first-order chi connectivity index (χ1) is 14.0. The summed E-state index contributed by atoms with van der Waals surface area (Å²) in [4.78, 5) is 0. The number of hydrogen-bond donors (Lipinski definition) is 0. The van der Waals surface area contributed by atoms with Crippen LogP contribution in [0.2, 0.25) is 0 Å². The van der Waals surface area contributed by atoms with E-state index in [1.54, 1.807) is 6.07 Å². The molecule has 0 N–H and O–H groups in total. The Bertz CT molecular complexity index is 814. The molecule has 1 aliphatic heterocycles. The van der Waals surface area contributed by atoms with E-state index in [-0.39, 0.29) is 23.1 Å². The molecule has 2 aromatic carbocycles. The maximum Gasteiger partial charge on any atom is 0.167 e. The van der Waals surface area contributed by atoms with Gasteiger partial charge in [-0.15, -0.1) is 0 Å². The van der Waals surface area contributed by atoms with Crippen LogP contribution in [-0.4, -0.2) is 19.8 Å². The molecule has 1 fully saturated rings. The summed E-state index contributed by atoms with van der Waals surface area (Å²) in [5.74, 6) is -2.43. The van der Waals surface area contributed by atoms with Gasteiger partial charge in [0.2, 0.25) is 0 Å². The first kappa shape index (κ1) is 21.7. The molecule has 1 aliphatic rings. The number of hydrogen-bond acceptors (Lipinski definition) is 2. The zero-order valence-electron chi connectivity index (χ0n) is 17.1. The Morgan fingerprint density at radius 1 is 0.966 bits per heavy atom. The second kappa shape index (κ2) is 10.1. The molecule has 2 atom stereocenters. The summed E-state index contributed by atoms with van der Waals surface area (Å²) in [5.41, 5.74) is 0.238. The second-order valence-electron chi connectivity index (χ2n) is 7.76. The molecule has 2 nitrogen and oxygen atoms in total. The van der Waals surface area contributed by atoms with Crippen LogP contribution in [-0.2, 0) is 4.74 Å². The first-order valence-corrected chi connectivity index (χ1v) is 10.5. The third-order valence-electron chi connectivity index (χ3n) is 5.77. The van der Waals surface area contributed by atoms with Gasteiger partial charge in [0.05, 0.1) is 19.8 Å². The van der Waals surface area contributed by atoms with E-state index in [0.717, 1.165) is 31.7 Å². The van der Waals surface area contributed by atoms with E-state index in [4.69, 9.17) is 9.47 Å². The lowest BCUT2D eigenvalue weighted by atomic mass is 9.88. The maximum absolute atomic E-state index is 14.8. The molecular formula is C24H29F3O2. The van der Waals surface area contributed by atoms with Crippen LogP contribution in [0.1, 0.15) is 63.4 Å². The van der Waals surface area contributed by atoms with Crippen molar-refractivity contribution in [1.29, 1.82) is 0 Å². The van der Waals surface area contributed by atoms with Gasteiger partial charge in [-0.1, -0.05) is 44.7 Å². The van der Waals surface area contributed by atoms with Crippen LogP contribution in [0.25, 0.3) is 11.1 Å². The molecule has 0 spiro atoms. The third-order valence-corrected chi connectivity index (χ3v) is 5.77. The normalized spacial score (nSPS) is 19.3. The molecule has 5 heteroatoms. The number of ether oxygens (including phenoxy) is 2. The van der Waals surface area contributed by atoms with Gasteiger partial charge in [0, 0.05) is 23.1 Å². The van der Waals surface area contributed by atoms with Crippen LogP contribution < -0.4 is 4.74 Å². The third kappa shape index (κ3) is 5.13. The van der Waals surface area contributed by atoms with Crippen LogP contribution in [0.4, 0.5) is 13.2 Å². The van der Waals surface area contributed by atoms with Crippen LogP contribution in [0, 0.1) is 17.5 Å². The molecule has 29 heavy (non-hydrogen) atoms. The lowest BCUT2D eigenvalue weighted by Gasteiger charge is -2.30. The molecule has 1 saturated heterocycles. The summed E-state index contributed by atoms with van der Waals surface area (Å²) in [7, 11) is 1.42. The maximum atomic E-state index is 14.8. The highest BCUT2D eigenvalue weighted by molar-refractivity contribution is 5.66. The van der Waals surface area contributed by atoms with Gasteiger partial charge in [0.25, 0.3) is 0 Å². The summed E-state index contributed by atoms with van der Waals surface area (Å²) in [6.45, 7) is 2.58. The molecule has 2 aromatic rings. The van der Waals surface area contributed by atoms with Gasteiger partial charge in [-0.3, -0.25) is 0 Å². The fourth-order valence-corrected chi connectivity index (χ4v) is 4.01. The lowest BCUT2D eigenvalue weighted by molar-refractivity contribution is -0.00282. The van der Waals surface area contributed by atoms with E-state index in [1.807, 2.05) is 0 Å². The van der Waals surface area contributed by atoms with E-state index in [9.17, 15) is 13.2 Å². The number of methoxy groups -OCH3 is 1. The Morgan fingerprint density at radius 3 is 2.41 bits per heavy atom. The Balaban J connectivity index is 1.69. The molecular weight excluding hydrogens is 377 g/mol. The van der Waals surface area contributed by atoms with Crippen LogP contribution in [0.15, 0.2) is 30.3 Å². The van der Waals surface area contributed by atoms with Gasteiger partial charge in [0.15, 0.2) is 11.6 Å². The molecule has 3 rings (SSSR count). The van der Waals surface area contributed by atoms with E-state index >= 15 is 0 Å². The number of unbranched alkanes of at least 4 members (excludes halogenated alkanes) is 3. The van der Waals surface area contributed by atoms with Gasteiger partial charge < -0.3 is 9.47 Å². The summed E-state index contributed by atoms with van der Waals surface area (Å²) in [6, 6.07) is 7.11. The number of halogens is 3. The smallest absolute Gasteiger partial charge is 0.167 e.